The van der Waals surface area contributed by atoms with E-state index in [0.29, 0.717) is 17.6 Å². The molecule has 0 unspecified atom stereocenters. The summed E-state index contributed by atoms with van der Waals surface area (Å²) in [7, 11) is 3.64. The number of unbranched alkanes of at least 4 members (excludes halogenated alkanes) is 2. The minimum absolute atomic E-state index is 0.385. The van der Waals surface area contributed by atoms with Crippen LogP contribution >= 0.6 is 11.6 Å². The fraction of sp³-hybridized carbons (Fsp3) is 0.667. The molecule has 17 heavy (non-hydrogen) atoms. The van der Waals surface area contributed by atoms with Crippen LogP contribution in [0.1, 0.15) is 32.0 Å². The maximum Gasteiger partial charge on any atom is 0.158 e. The number of ether oxygens (including phenoxy) is 1. The maximum absolute atomic E-state index is 5.96. The highest BCUT2D eigenvalue weighted by molar-refractivity contribution is 6.29. The summed E-state index contributed by atoms with van der Waals surface area (Å²) < 4.78 is 5.01. The fourth-order valence-electron chi connectivity index (χ4n) is 1.55. The molecule has 4 nitrogen and oxygen atoms in total. The van der Waals surface area contributed by atoms with E-state index in [1.165, 1.54) is 12.8 Å². The summed E-state index contributed by atoms with van der Waals surface area (Å²) in [4.78, 5) is 10.6. The second kappa shape index (κ2) is 7.45. The zero-order valence-corrected chi connectivity index (χ0v) is 11.5. The first kappa shape index (κ1) is 14.2. The number of hydrogen-bond donors (Lipinski definition) is 0. The molecule has 96 valence electrons. The van der Waals surface area contributed by atoms with Crippen molar-refractivity contribution in [1.82, 2.24) is 9.97 Å². The van der Waals surface area contributed by atoms with Crippen molar-refractivity contribution < 1.29 is 4.74 Å². The smallest absolute Gasteiger partial charge is 0.158 e. The Balaban J connectivity index is 2.67. The summed E-state index contributed by atoms with van der Waals surface area (Å²) in [5.41, 5.74) is 0. The van der Waals surface area contributed by atoms with Gasteiger partial charge in [0.05, 0.1) is 0 Å². The number of aromatic nitrogens is 2. The molecule has 0 aromatic carbocycles. The van der Waals surface area contributed by atoms with Crippen LogP contribution in [0.2, 0.25) is 5.15 Å². The van der Waals surface area contributed by atoms with E-state index in [9.17, 15) is 0 Å². The molecular formula is C12H20ClN3O. The van der Waals surface area contributed by atoms with E-state index in [0.717, 1.165) is 18.8 Å². The van der Waals surface area contributed by atoms with Crippen LogP contribution < -0.4 is 4.90 Å². The third-order valence-corrected chi connectivity index (χ3v) is 2.68. The molecular weight excluding hydrogens is 238 g/mol. The van der Waals surface area contributed by atoms with Crippen molar-refractivity contribution in [2.45, 2.75) is 32.8 Å². The Hall–Kier alpha value is -0.870. The zero-order valence-electron chi connectivity index (χ0n) is 10.7. The summed E-state index contributed by atoms with van der Waals surface area (Å²) in [6.07, 6.45) is 3.61. The number of hydrogen-bond acceptors (Lipinski definition) is 4. The highest BCUT2D eigenvalue weighted by atomic mass is 35.5. The van der Waals surface area contributed by atoms with Crippen molar-refractivity contribution in [2.75, 3.05) is 25.6 Å². The van der Waals surface area contributed by atoms with E-state index < -0.39 is 0 Å². The van der Waals surface area contributed by atoms with Crippen LogP contribution in [0.15, 0.2) is 6.07 Å². The van der Waals surface area contributed by atoms with Gasteiger partial charge in [0.2, 0.25) is 0 Å². The molecule has 1 aromatic heterocycles. The van der Waals surface area contributed by atoms with Crippen LogP contribution in [0, 0.1) is 0 Å². The first-order chi connectivity index (χ1) is 8.17. The third-order valence-electron chi connectivity index (χ3n) is 2.49. The first-order valence-electron chi connectivity index (χ1n) is 5.91. The molecule has 0 bridgehead atoms. The van der Waals surface area contributed by atoms with Gasteiger partial charge in [-0.2, -0.15) is 0 Å². The topological polar surface area (TPSA) is 38.2 Å². The molecule has 0 spiro atoms. The Bertz CT molecular complexity index is 347. The summed E-state index contributed by atoms with van der Waals surface area (Å²) >= 11 is 5.96. The second-order valence-electron chi connectivity index (χ2n) is 4.03. The van der Waals surface area contributed by atoms with E-state index in [2.05, 4.69) is 21.8 Å². The molecule has 0 amide bonds. The van der Waals surface area contributed by atoms with Gasteiger partial charge >= 0.3 is 0 Å². The molecule has 0 radical (unpaired) electrons. The molecule has 1 heterocycles. The largest absolute Gasteiger partial charge is 0.377 e. The number of methoxy groups -OCH3 is 1. The molecule has 0 aliphatic carbocycles. The lowest BCUT2D eigenvalue weighted by atomic mass is 10.2. The minimum Gasteiger partial charge on any atom is -0.377 e. The molecule has 0 saturated heterocycles. The van der Waals surface area contributed by atoms with E-state index in [4.69, 9.17) is 16.3 Å². The standard InChI is InChI=1S/C12H20ClN3O/c1-4-5-6-7-16(2)12-8-10(13)14-11(15-12)9-17-3/h8H,4-7,9H2,1-3H3. The quantitative estimate of drug-likeness (QED) is 0.556. The van der Waals surface area contributed by atoms with Crippen molar-refractivity contribution in [1.29, 1.82) is 0 Å². The van der Waals surface area contributed by atoms with Gasteiger partial charge in [0.25, 0.3) is 0 Å². The normalized spacial score (nSPS) is 10.6. The fourth-order valence-corrected chi connectivity index (χ4v) is 1.75. The van der Waals surface area contributed by atoms with Gasteiger partial charge in [-0.15, -0.1) is 0 Å². The summed E-state index contributed by atoms with van der Waals surface area (Å²) in [6.45, 7) is 3.56. The molecule has 5 heteroatoms. The minimum atomic E-state index is 0.385. The monoisotopic (exact) mass is 257 g/mol. The highest BCUT2D eigenvalue weighted by Crippen LogP contribution is 2.16. The average molecular weight is 258 g/mol. The van der Waals surface area contributed by atoms with Gasteiger partial charge in [0.15, 0.2) is 5.82 Å². The van der Waals surface area contributed by atoms with Gasteiger partial charge in [-0.25, -0.2) is 9.97 Å². The van der Waals surface area contributed by atoms with Crippen LogP contribution in [0.5, 0.6) is 0 Å². The Morgan fingerprint density at radius 2 is 2.12 bits per heavy atom. The van der Waals surface area contributed by atoms with Crippen LogP contribution in [0.3, 0.4) is 0 Å². The predicted molar refractivity (Wildman–Crippen MR) is 70.6 cm³/mol. The van der Waals surface area contributed by atoms with Crippen LogP contribution in [-0.4, -0.2) is 30.7 Å². The SMILES string of the molecule is CCCCCN(C)c1cc(Cl)nc(COC)n1. The van der Waals surface area contributed by atoms with Gasteiger partial charge in [-0.1, -0.05) is 31.4 Å². The van der Waals surface area contributed by atoms with Crippen molar-refractivity contribution in [3.05, 3.63) is 17.0 Å². The van der Waals surface area contributed by atoms with Crippen molar-refractivity contribution in [3.63, 3.8) is 0 Å². The average Bonchev–Trinajstić information content (AvgIpc) is 2.29. The third kappa shape index (κ3) is 4.88. The Labute approximate surface area is 108 Å². The number of rotatable bonds is 7. The van der Waals surface area contributed by atoms with E-state index >= 15 is 0 Å². The summed E-state index contributed by atoms with van der Waals surface area (Å²) in [6, 6.07) is 1.78. The van der Waals surface area contributed by atoms with Gasteiger partial charge < -0.3 is 9.64 Å². The first-order valence-corrected chi connectivity index (χ1v) is 6.28. The second-order valence-corrected chi connectivity index (χ2v) is 4.41. The molecule has 1 rings (SSSR count). The highest BCUT2D eigenvalue weighted by Gasteiger charge is 2.07. The molecule has 0 saturated carbocycles. The number of anilines is 1. The van der Waals surface area contributed by atoms with E-state index in [1.807, 2.05) is 7.05 Å². The van der Waals surface area contributed by atoms with E-state index in [1.54, 1.807) is 13.2 Å². The Morgan fingerprint density at radius 3 is 2.76 bits per heavy atom. The Morgan fingerprint density at radius 1 is 1.35 bits per heavy atom. The van der Waals surface area contributed by atoms with Gasteiger partial charge in [0, 0.05) is 26.8 Å². The predicted octanol–water partition coefficient (Wildman–Crippen LogP) is 2.90. The van der Waals surface area contributed by atoms with Gasteiger partial charge in [-0.05, 0) is 6.42 Å². The molecule has 0 fully saturated rings. The molecule has 0 aliphatic heterocycles. The van der Waals surface area contributed by atoms with Crippen molar-refractivity contribution >= 4 is 17.4 Å². The maximum atomic E-state index is 5.96. The van der Waals surface area contributed by atoms with Crippen LogP contribution in [0.25, 0.3) is 0 Å². The van der Waals surface area contributed by atoms with Crippen molar-refractivity contribution in [2.24, 2.45) is 0 Å². The zero-order chi connectivity index (χ0) is 12.7. The van der Waals surface area contributed by atoms with Crippen LogP contribution in [0.4, 0.5) is 5.82 Å². The Kier molecular flexibility index (Phi) is 6.22. The molecule has 0 aliphatic rings. The van der Waals surface area contributed by atoms with Gasteiger partial charge in [0.1, 0.15) is 17.6 Å². The van der Waals surface area contributed by atoms with Gasteiger partial charge in [-0.3, -0.25) is 0 Å². The van der Waals surface area contributed by atoms with Crippen molar-refractivity contribution in [3.8, 4) is 0 Å². The lowest BCUT2D eigenvalue weighted by molar-refractivity contribution is 0.178. The van der Waals surface area contributed by atoms with Crippen LogP contribution in [-0.2, 0) is 11.3 Å². The summed E-state index contributed by atoms with van der Waals surface area (Å²) in [5.74, 6) is 1.48. The molecule has 1 aromatic rings. The molecule has 0 atom stereocenters. The molecule has 0 N–H and O–H groups in total. The lowest BCUT2D eigenvalue weighted by Crippen LogP contribution is -2.20. The summed E-state index contributed by atoms with van der Waals surface area (Å²) in [5, 5.41) is 0.462. The number of nitrogens with zero attached hydrogens (tertiary/aromatic N) is 3. The van der Waals surface area contributed by atoms with E-state index in [-0.39, 0.29) is 0 Å². The number of halogens is 1. The lowest BCUT2D eigenvalue weighted by Gasteiger charge is -2.18.